The maximum absolute atomic E-state index is 10.4. The summed E-state index contributed by atoms with van der Waals surface area (Å²) < 4.78 is 0. The first kappa shape index (κ1) is 12.4. The first-order valence-corrected chi connectivity index (χ1v) is 5.22. The van der Waals surface area contributed by atoms with Gasteiger partial charge in [0.1, 0.15) is 0 Å². The van der Waals surface area contributed by atoms with Crippen molar-refractivity contribution in [3.63, 3.8) is 0 Å². The molecule has 86 valence electrons. The Morgan fingerprint density at radius 3 is 2.50 bits per heavy atom. The molecule has 1 aromatic carbocycles. The molecular formula is C10H13N3O2S. The van der Waals surface area contributed by atoms with Gasteiger partial charge in [-0.3, -0.25) is 10.1 Å². The maximum atomic E-state index is 10.4. The summed E-state index contributed by atoms with van der Waals surface area (Å²) in [6.07, 6.45) is 0. The summed E-state index contributed by atoms with van der Waals surface area (Å²) in [5, 5.41) is 14.0. The van der Waals surface area contributed by atoms with Gasteiger partial charge in [-0.15, -0.1) is 0 Å². The van der Waals surface area contributed by atoms with Crippen LogP contribution in [0, 0.1) is 10.1 Å². The second-order valence-electron chi connectivity index (χ2n) is 3.25. The lowest BCUT2D eigenvalue weighted by Gasteiger charge is -2.18. The van der Waals surface area contributed by atoms with Gasteiger partial charge in [0.25, 0.3) is 5.69 Å². The minimum atomic E-state index is -0.430. The highest BCUT2D eigenvalue weighted by Gasteiger charge is 2.05. The summed E-state index contributed by atoms with van der Waals surface area (Å²) in [6.45, 7) is 2.79. The molecule has 0 atom stereocenters. The molecule has 0 aliphatic carbocycles. The maximum Gasteiger partial charge on any atom is 0.269 e. The Bertz CT molecular complexity index is 392. The van der Waals surface area contributed by atoms with E-state index in [1.807, 2.05) is 18.9 Å². The molecule has 1 rings (SSSR count). The Kier molecular flexibility index (Phi) is 4.19. The number of nitrogens with one attached hydrogen (secondary N) is 1. The van der Waals surface area contributed by atoms with Crippen molar-refractivity contribution < 1.29 is 4.92 Å². The van der Waals surface area contributed by atoms with Crippen LogP contribution in [0.4, 0.5) is 11.4 Å². The second-order valence-corrected chi connectivity index (χ2v) is 3.64. The third kappa shape index (κ3) is 3.16. The fraction of sp³-hybridized carbons (Fsp3) is 0.300. The first-order chi connectivity index (χ1) is 7.54. The van der Waals surface area contributed by atoms with Gasteiger partial charge in [0.15, 0.2) is 5.11 Å². The smallest absolute Gasteiger partial charge is 0.269 e. The normalized spacial score (nSPS) is 9.62. The van der Waals surface area contributed by atoms with Crippen LogP contribution in [0.15, 0.2) is 24.3 Å². The second kappa shape index (κ2) is 5.41. The monoisotopic (exact) mass is 239 g/mol. The van der Waals surface area contributed by atoms with Crippen molar-refractivity contribution in [2.75, 3.05) is 18.9 Å². The van der Waals surface area contributed by atoms with Crippen LogP contribution < -0.4 is 5.32 Å². The summed E-state index contributed by atoms with van der Waals surface area (Å²) in [5.41, 5.74) is 0.816. The minimum Gasteiger partial charge on any atom is -0.352 e. The average molecular weight is 239 g/mol. The van der Waals surface area contributed by atoms with E-state index in [1.54, 1.807) is 12.1 Å². The topological polar surface area (TPSA) is 58.4 Å². The van der Waals surface area contributed by atoms with Crippen molar-refractivity contribution in [2.24, 2.45) is 0 Å². The Balaban J connectivity index is 2.69. The zero-order valence-electron chi connectivity index (χ0n) is 9.14. The van der Waals surface area contributed by atoms with Crippen LogP contribution in [0.3, 0.4) is 0 Å². The van der Waals surface area contributed by atoms with Gasteiger partial charge in [-0.2, -0.15) is 0 Å². The third-order valence-corrected chi connectivity index (χ3v) is 2.56. The van der Waals surface area contributed by atoms with Crippen LogP contribution in [0.25, 0.3) is 0 Å². The number of rotatable bonds is 3. The number of nitro groups is 1. The molecular weight excluding hydrogens is 226 g/mol. The number of non-ortho nitro benzene ring substituents is 1. The number of hydrogen-bond acceptors (Lipinski definition) is 3. The van der Waals surface area contributed by atoms with Gasteiger partial charge in [-0.05, 0) is 31.3 Å². The molecule has 1 N–H and O–H groups in total. The molecule has 0 bridgehead atoms. The van der Waals surface area contributed by atoms with E-state index in [-0.39, 0.29) is 5.69 Å². The SMILES string of the molecule is CCN(C)C(=S)Nc1ccc([N+](=O)[O-])cc1. The Morgan fingerprint density at radius 2 is 2.06 bits per heavy atom. The lowest BCUT2D eigenvalue weighted by molar-refractivity contribution is -0.384. The van der Waals surface area contributed by atoms with Crippen LogP contribution in [-0.4, -0.2) is 28.5 Å². The van der Waals surface area contributed by atoms with Crippen molar-refractivity contribution in [2.45, 2.75) is 6.92 Å². The van der Waals surface area contributed by atoms with E-state index < -0.39 is 4.92 Å². The predicted octanol–water partition coefficient (Wildman–Crippen LogP) is 2.24. The molecule has 6 heteroatoms. The van der Waals surface area contributed by atoms with Crippen molar-refractivity contribution >= 4 is 28.7 Å². The first-order valence-electron chi connectivity index (χ1n) is 4.81. The molecule has 1 aromatic rings. The van der Waals surface area contributed by atoms with Crippen molar-refractivity contribution in [1.82, 2.24) is 4.90 Å². The summed E-state index contributed by atoms with van der Waals surface area (Å²) in [6, 6.07) is 6.15. The molecule has 0 unspecified atom stereocenters. The fourth-order valence-corrected chi connectivity index (χ4v) is 1.28. The molecule has 0 heterocycles. The van der Waals surface area contributed by atoms with Crippen molar-refractivity contribution in [1.29, 1.82) is 0 Å². The third-order valence-electron chi connectivity index (χ3n) is 2.15. The Labute approximate surface area is 99.2 Å². The fourth-order valence-electron chi connectivity index (χ4n) is 1.03. The summed E-state index contributed by atoms with van der Waals surface area (Å²) in [4.78, 5) is 11.9. The Morgan fingerprint density at radius 1 is 1.50 bits per heavy atom. The molecule has 0 amide bonds. The van der Waals surface area contributed by atoms with Gasteiger partial charge in [0, 0.05) is 31.4 Å². The number of nitrogens with zero attached hydrogens (tertiary/aromatic N) is 2. The number of thiocarbonyl (C=S) groups is 1. The molecule has 0 saturated heterocycles. The summed E-state index contributed by atoms with van der Waals surface area (Å²) in [7, 11) is 1.88. The van der Waals surface area contributed by atoms with E-state index in [0.29, 0.717) is 5.11 Å². The van der Waals surface area contributed by atoms with E-state index in [4.69, 9.17) is 12.2 Å². The zero-order chi connectivity index (χ0) is 12.1. The minimum absolute atomic E-state index is 0.0697. The van der Waals surface area contributed by atoms with Crippen LogP contribution >= 0.6 is 12.2 Å². The average Bonchev–Trinajstić information content (AvgIpc) is 2.28. The van der Waals surface area contributed by atoms with E-state index in [1.165, 1.54) is 12.1 Å². The number of hydrogen-bond donors (Lipinski definition) is 1. The largest absolute Gasteiger partial charge is 0.352 e. The van der Waals surface area contributed by atoms with E-state index >= 15 is 0 Å². The molecule has 0 radical (unpaired) electrons. The van der Waals surface area contributed by atoms with Gasteiger partial charge in [0.2, 0.25) is 0 Å². The number of nitro benzene ring substituents is 1. The molecule has 5 nitrogen and oxygen atoms in total. The van der Waals surface area contributed by atoms with Gasteiger partial charge < -0.3 is 10.2 Å². The molecule has 0 aliphatic rings. The van der Waals surface area contributed by atoms with E-state index in [9.17, 15) is 10.1 Å². The zero-order valence-corrected chi connectivity index (χ0v) is 9.95. The van der Waals surface area contributed by atoms with Gasteiger partial charge in [0.05, 0.1) is 4.92 Å². The van der Waals surface area contributed by atoms with Gasteiger partial charge in [-0.1, -0.05) is 0 Å². The van der Waals surface area contributed by atoms with Crippen LogP contribution in [0.1, 0.15) is 6.92 Å². The van der Waals surface area contributed by atoms with E-state index in [2.05, 4.69) is 5.32 Å². The number of benzene rings is 1. The van der Waals surface area contributed by atoms with Crippen molar-refractivity contribution in [3.05, 3.63) is 34.4 Å². The molecule has 0 aromatic heterocycles. The highest BCUT2D eigenvalue weighted by molar-refractivity contribution is 7.80. The lowest BCUT2D eigenvalue weighted by Crippen LogP contribution is -2.30. The molecule has 16 heavy (non-hydrogen) atoms. The van der Waals surface area contributed by atoms with E-state index in [0.717, 1.165) is 12.2 Å². The standard InChI is InChI=1S/C10H13N3O2S/c1-3-12(2)10(16)11-8-4-6-9(7-5-8)13(14)15/h4-7H,3H2,1-2H3,(H,11,16). The molecule has 0 spiro atoms. The summed E-state index contributed by atoms with van der Waals surface area (Å²) in [5.74, 6) is 0. The summed E-state index contributed by atoms with van der Waals surface area (Å²) >= 11 is 5.12. The quantitative estimate of drug-likeness (QED) is 0.498. The predicted molar refractivity (Wildman–Crippen MR) is 67.6 cm³/mol. The molecule has 0 aliphatic heterocycles. The highest BCUT2D eigenvalue weighted by atomic mass is 32.1. The Hall–Kier alpha value is -1.69. The van der Waals surface area contributed by atoms with Crippen LogP contribution in [-0.2, 0) is 0 Å². The van der Waals surface area contributed by atoms with Gasteiger partial charge in [-0.25, -0.2) is 0 Å². The molecule has 0 fully saturated rings. The van der Waals surface area contributed by atoms with Crippen LogP contribution in [0.5, 0.6) is 0 Å². The molecule has 0 saturated carbocycles. The highest BCUT2D eigenvalue weighted by Crippen LogP contribution is 2.15. The van der Waals surface area contributed by atoms with Crippen LogP contribution in [0.2, 0.25) is 0 Å². The van der Waals surface area contributed by atoms with Gasteiger partial charge >= 0.3 is 0 Å². The lowest BCUT2D eigenvalue weighted by atomic mass is 10.3. The van der Waals surface area contributed by atoms with Crippen molar-refractivity contribution in [3.8, 4) is 0 Å². The number of anilines is 1.